The highest BCUT2D eigenvalue weighted by atomic mass is 16.5. The van der Waals surface area contributed by atoms with Gasteiger partial charge < -0.3 is 10.5 Å². The predicted octanol–water partition coefficient (Wildman–Crippen LogP) is -0.0790. The minimum Gasteiger partial charge on any atom is -0.492 e. The van der Waals surface area contributed by atoms with E-state index in [1.54, 1.807) is 6.26 Å². The van der Waals surface area contributed by atoms with Gasteiger partial charge in [0.2, 0.25) is 0 Å². The first-order valence-electron chi connectivity index (χ1n) is 3.03. The van der Waals surface area contributed by atoms with Crippen molar-refractivity contribution in [1.29, 1.82) is 0 Å². The molecule has 0 bridgehead atoms. The summed E-state index contributed by atoms with van der Waals surface area (Å²) in [7, 11) is 0. The van der Waals surface area contributed by atoms with Gasteiger partial charge in [-0.05, 0) is 18.9 Å². The average molecular weight is 114 g/mol. The number of hydrogen-bond acceptors (Lipinski definition) is 1. The lowest BCUT2D eigenvalue weighted by molar-refractivity contribution is -0.384. The zero-order chi connectivity index (χ0) is 5.82. The minimum absolute atomic E-state index is 0.389. The Kier molecular flexibility index (Phi) is 1.92. The van der Waals surface area contributed by atoms with Gasteiger partial charge in [-0.2, -0.15) is 0 Å². The van der Waals surface area contributed by atoms with E-state index >= 15 is 0 Å². The van der Waals surface area contributed by atoms with Gasteiger partial charge in [-0.15, -0.1) is 0 Å². The molecular weight excluding hydrogens is 102 g/mol. The lowest BCUT2D eigenvalue weighted by atomic mass is 10.2. The Bertz CT molecular complexity index is 90.5. The minimum atomic E-state index is 0.389. The molecule has 1 heterocycles. The number of rotatable bonds is 1. The quantitative estimate of drug-likeness (QED) is 0.508. The van der Waals surface area contributed by atoms with Crippen LogP contribution in [-0.2, 0) is 4.74 Å². The highest BCUT2D eigenvalue weighted by Gasteiger charge is 2.08. The van der Waals surface area contributed by atoms with Crippen molar-refractivity contribution in [2.45, 2.75) is 18.9 Å². The fraction of sp³-hybridized carbons (Fsp3) is 0.667. The second-order valence-electron chi connectivity index (χ2n) is 2.00. The summed E-state index contributed by atoms with van der Waals surface area (Å²) in [5.41, 5.74) is 3.75. The molecule has 0 radical (unpaired) electrons. The lowest BCUT2D eigenvalue weighted by Crippen LogP contribution is -2.56. The molecule has 1 atom stereocenters. The maximum absolute atomic E-state index is 5.18. The van der Waals surface area contributed by atoms with Crippen molar-refractivity contribution < 1.29 is 10.5 Å². The van der Waals surface area contributed by atoms with E-state index in [2.05, 4.69) is 5.73 Å². The van der Waals surface area contributed by atoms with Gasteiger partial charge in [-0.3, -0.25) is 0 Å². The highest BCUT2D eigenvalue weighted by molar-refractivity contribution is 4.81. The van der Waals surface area contributed by atoms with Gasteiger partial charge >= 0.3 is 0 Å². The smallest absolute Gasteiger partial charge is 0.146 e. The van der Waals surface area contributed by atoms with Crippen molar-refractivity contribution in [2.75, 3.05) is 6.54 Å². The Balaban J connectivity index is 2.27. The van der Waals surface area contributed by atoms with Crippen LogP contribution in [0.3, 0.4) is 0 Å². The van der Waals surface area contributed by atoms with E-state index in [9.17, 15) is 0 Å². The molecule has 0 aliphatic carbocycles. The molecule has 1 rings (SSSR count). The Hall–Kier alpha value is -0.500. The van der Waals surface area contributed by atoms with E-state index in [4.69, 9.17) is 4.74 Å². The normalized spacial score (nSPS) is 27.4. The fourth-order valence-corrected chi connectivity index (χ4v) is 0.797. The van der Waals surface area contributed by atoms with E-state index in [-0.39, 0.29) is 0 Å². The van der Waals surface area contributed by atoms with Gasteiger partial charge in [0, 0.05) is 0 Å². The summed E-state index contributed by atoms with van der Waals surface area (Å²) in [4.78, 5) is 0. The summed E-state index contributed by atoms with van der Waals surface area (Å²) in [5, 5.41) is 0. The summed E-state index contributed by atoms with van der Waals surface area (Å²) in [6.45, 7) is 0.893. The number of hydrogen-bond donors (Lipinski definition) is 1. The molecule has 0 saturated heterocycles. The van der Waals surface area contributed by atoms with Crippen molar-refractivity contribution in [1.82, 2.24) is 0 Å². The first kappa shape index (κ1) is 5.63. The molecule has 1 aliphatic rings. The van der Waals surface area contributed by atoms with Crippen molar-refractivity contribution in [2.24, 2.45) is 0 Å². The van der Waals surface area contributed by atoms with Crippen LogP contribution in [-0.4, -0.2) is 12.6 Å². The molecule has 0 saturated carbocycles. The van der Waals surface area contributed by atoms with E-state index in [1.165, 1.54) is 0 Å². The summed E-state index contributed by atoms with van der Waals surface area (Å²) in [5.74, 6) is 0. The van der Waals surface area contributed by atoms with Crippen molar-refractivity contribution in [3.63, 3.8) is 0 Å². The Labute approximate surface area is 49.3 Å². The van der Waals surface area contributed by atoms with E-state index in [0.29, 0.717) is 6.10 Å². The van der Waals surface area contributed by atoms with Crippen LogP contribution >= 0.6 is 0 Å². The Morgan fingerprint density at radius 1 is 1.75 bits per heavy atom. The number of quaternary nitrogens is 1. The van der Waals surface area contributed by atoms with Crippen LogP contribution < -0.4 is 5.73 Å². The summed E-state index contributed by atoms with van der Waals surface area (Å²) >= 11 is 0. The molecule has 1 unspecified atom stereocenters. The summed E-state index contributed by atoms with van der Waals surface area (Å²) in [6.07, 6.45) is 6.51. The first-order chi connectivity index (χ1) is 3.93. The number of allylic oxidation sites excluding steroid dienone is 1. The Morgan fingerprint density at radius 2 is 2.62 bits per heavy atom. The van der Waals surface area contributed by atoms with Crippen LogP contribution in [0.4, 0.5) is 0 Å². The fourth-order valence-electron chi connectivity index (χ4n) is 0.797. The van der Waals surface area contributed by atoms with Crippen LogP contribution in [0.25, 0.3) is 0 Å². The third-order valence-electron chi connectivity index (χ3n) is 1.34. The molecule has 1 aliphatic heterocycles. The van der Waals surface area contributed by atoms with E-state index in [0.717, 1.165) is 19.4 Å². The first-order valence-corrected chi connectivity index (χ1v) is 3.03. The monoisotopic (exact) mass is 114 g/mol. The van der Waals surface area contributed by atoms with Crippen LogP contribution in [0.5, 0.6) is 0 Å². The highest BCUT2D eigenvalue weighted by Crippen LogP contribution is 2.07. The lowest BCUT2D eigenvalue weighted by Gasteiger charge is -2.14. The van der Waals surface area contributed by atoms with Gasteiger partial charge in [0.15, 0.2) is 0 Å². The Morgan fingerprint density at radius 3 is 3.00 bits per heavy atom. The molecule has 0 aromatic rings. The van der Waals surface area contributed by atoms with Gasteiger partial charge in [-0.25, -0.2) is 0 Å². The average Bonchev–Trinajstić information content (AvgIpc) is 1.90. The van der Waals surface area contributed by atoms with E-state index < -0.39 is 0 Å². The molecule has 3 N–H and O–H groups in total. The van der Waals surface area contributed by atoms with Crippen molar-refractivity contribution >= 4 is 0 Å². The van der Waals surface area contributed by atoms with Gasteiger partial charge in [-0.1, -0.05) is 0 Å². The molecule has 2 nitrogen and oxygen atoms in total. The summed E-state index contributed by atoms with van der Waals surface area (Å²) in [6, 6.07) is 0. The summed E-state index contributed by atoms with van der Waals surface area (Å²) < 4.78 is 5.18. The van der Waals surface area contributed by atoms with Crippen LogP contribution in [0.1, 0.15) is 12.8 Å². The SMILES string of the molecule is [NH3+]CC1CCC=CO1. The number of ether oxygens (including phenoxy) is 1. The molecular formula is C6H12NO+. The molecule has 2 heteroatoms. The molecule has 8 heavy (non-hydrogen) atoms. The third-order valence-corrected chi connectivity index (χ3v) is 1.34. The second kappa shape index (κ2) is 2.72. The molecule has 0 amide bonds. The molecule has 0 spiro atoms. The molecule has 0 aromatic heterocycles. The molecule has 0 aromatic carbocycles. The van der Waals surface area contributed by atoms with Crippen molar-refractivity contribution in [3.8, 4) is 0 Å². The maximum Gasteiger partial charge on any atom is 0.146 e. The van der Waals surface area contributed by atoms with Gasteiger partial charge in [0.05, 0.1) is 6.26 Å². The predicted molar refractivity (Wildman–Crippen MR) is 31.0 cm³/mol. The van der Waals surface area contributed by atoms with Crippen molar-refractivity contribution in [3.05, 3.63) is 12.3 Å². The topological polar surface area (TPSA) is 36.9 Å². The van der Waals surface area contributed by atoms with Crippen LogP contribution in [0.2, 0.25) is 0 Å². The van der Waals surface area contributed by atoms with Gasteiger partial charge in [0.1, 0.15) is 12.6 Å². The zero-order valence-corrected chi connectivity index (χ0v) is 4.97. The standard InChI is InChI=1S/C6H11NO/c7-5-6-3-1-2-4-8-6/h2,4,6H,1,3,5,7H2/p+1. The van der Waals surface area contributed by atoms with E-state index in [1.807, 2.05) is 6.08 Å². The molecule has 46 valence electrons. The second-order valence-corrected chi connectivity index (χ2v) is 2.00. The largest absolute Gasteiger partial charge is 0.492 e. The van der Waals surface area contributed by atoms with Crippen LogP contribution in [0, 0.1) is 0 Å². The maximum atomic E-state index is 5.18. The third kappa shape index (κ3) is 1.23. The molecule has 0 fully saturated rings. The van der Waals surface area contributed by atoms with Crippen LogP contribution in [0.15, 0.2) is 12.3 Å². The van der Waals surface area contributed by atoms with Gasteiger partial charge in [0.25, 0.3) is 0 Å². The zero-order valence-electron chi connectivity index (χ0n) is 4.97.